The standard InChI is InChI=1S/C58H42N4/c59-53(42-16-4-1-5-17-42)38-54(43-18-6-2-7-19-43)60-39-40-15-14-20-44(35-40)41-27-31-48(32-28-41)61-56-26-13-11-24-50(56)52-36-45(30-34-57(52)61)46-29-33-51-49-23-10-12-25-55(49)62(58(51)37-46)47-21-8-3-9-22-47/h1-38H,39,59H2/b53-38-,60-54?. The molecule has 0 saturated heterocycles. The normalized spacial score (nSPS) is 12.2. The molecule has 2 N–H and O–H groups in total. The summed E-state index contributed by atoms with van der Waals surface area (Å²) in [5.41, 5.74) is 23.0. The predicted octanol–water partition coefficient (Wildman–Crippen LogP) is 14.2. The lowest BCUT2D eigenvalue weighted by atomic mass is 10.0. The molecule has 62 heavy (non-hydrogen) atoms. The van der Waals surface area contributed by atoms with Crippen LogP contribution in [0.15, 0.2) is 236 Å². The lowest BCUT2D eigenvalue weighted by Gasteiger charge is -2.11. The van der Waals surface area contributed by atoms with E-state index in [-0.39, 0.29) is 0 Å². The van der Waals surface area contributed by atoms with Crippen molar-refractivity contribution in [1.82, 2.24) is 9.13 Å². The van der Waals surface area contributed by atoms with Gasteiger partial charge in [0.15, 0.2) is 0 Å². The Hall–Kier alpha value is -8.21. The maximum atomic E-state index is 6.57. The van der Waals surface area contributed by atoms with Crippen molar-refractivity contribution < 1.29 is 0 Å². The molecule has 0 aliphatic heterocycles. The number of allylic oxidation sites excluding steroid dienone is 1. The molecule has 2 heterocycles. The Bertz CT molecular complexity index is 3470. The van der Waals surface area contributed by atoms with Gasteiger partial charge < -0.3 is 14.9 Å². The molecular weight excluding hydrogens is 753 g/mol. The molecule has 11 rings (SSSR count). The molecule has 11 aromatic rings. The molecule has 9 aromatic carbocycles. The van der Waals surface area contributed by atoms with Crippen LogP contribution in [-0.2, 0) is 6.54 Å². The first kappa shape index (κ1) is 36.8. The predicted molar refractivity (Wildman–Crippen MR) is 261 cm³/mol. The zero-order chi connectivity index (χ0) is 41.4. The van der Waals surface area contributed by atoms with Crippen LogP contribution in [0.5, 0.6) is 0 Å². The Morgan fingerprint density at radius 2 is 0.903 bits per heavy atom. The average Bonchev–Trinajstić information content (AvgIpc) is 3.86. The van der Waals surface area contributed by atoms with Gasteiger partial charge in [-0.3, -0.25) is 4.99 Å². The highest BCUT2D eigenvalue weighted by Gasteiger charge is 2.16. The highest BCUT2D eigenvalue weighted by Crippen LogP contribution is 2.38. The molecule has 0 fully saturated rings. The number of aromatic nitrogens is 2. The van der Waals surface area contributed by atoms with Gasteiger partial charge in [-0.25, -0.2) is 0 Å². The number of benzene rings is 9. The summed E-state index contributed by atoms with van der Waals surface area (Å²) in [6, 6.07) is 79.8. The first-order valence-electron chi connectivity index (χ1n) is 21.1. The van der Waals surface area contributed by atoms with Crippen LogP contribution >= 0.6 is 0 Å². The summed E-state index contributed by atoms with van der Waals surface area (Å²) in [5.74, 6) is 0. The molecule has 0 atom stereocenters. The van der Waals surface area contributed by atoms with Crippen LogP contribution in [0.1, 0.15) is 16.7 Å². The van der Waals surface area contributed by atoms with Gasteiger partial charge in [0, 0.05) is 38.6 Å². The van der Waals surface area contributed by atoms with Crippen LogP contribution in [0.4, 0.5) is 0 Å². The van der Waals surface area contributed by atoms with E-state index in [1.54, 1.807) is 0 Å². The maximum Gasteiger partial charge on any atom is 0.0671 e. The topological polar surface area (TPSA) is 48.2 Å². The molecule has 0 aliphatic carbocycles. The summed E-state index contributed by atoms with van der Waals surface area (Å²) in [4.78, 5) is 5.09. The fourth-order valence-electron chi connectivity index (χ4n) is 8.96. The van der Waals surface area contributed by atoms with Crippen molar-refractivity contribution in [3.05, 3.63) is 247 Å². The van der Waals surface area contributed by atoms with E-state index in [1.165, 1.54) is 54.7 Å². The third-order valence-corrected chi connectivity index (χ3v) is 12.0. The SMILES string of the molecule is N/C(=C\C(=NCc1cccc(-c2ccc(-n3c4ccccc4c4cc(-c5ccc6c7ccccc7n(-c7ccccc7)c6c5)ccc43)cc2)c1)c1ccccc1)c1ccccc1. The van der Waals surface area contributed by atoms with E-state index in [1.807, 2.05) is 54.6 Å². The molecule has 2 aromatic heterocycles. The number of aliphatic imine (C=N–C) groups is 1. The fraction of sp³-hybridized carbons (Fsp3) is 0.0172. The maximum absolute atomic E-state index is 6.57. The van der Waals surface area contributed by atoms with Gasteiger partial charge in [0.2, 0.25) is 0 Å². The van der Waals surface area contributed by atoms with E-state index < -0.39 is 0 Å². The monoisotopic (exact) mass is 794 g/mol. The highest BCUT2D eigenvalue weighted by atomic mass is 15.0. The second-order valence-corrected chi connectivity index (χ2v) is 15.8. The number of hydrogen-bond acceptors (Lipinski definition) is 2. The van der Waals surface area contributed by atoms with Crippen molar-refractivity contribution in [2.45, 2.75) is 6.54 Å². The number of para-hydroxylation sites is 3. The third kappa shape index (κ3) is 6.74. The van der Waals surface area contributed by atoms with Crippen molar-refractivity contribution in [2.24, 2.45) is 10.7 Å². The van der Waals surface area contributed by atoms with Crippen LogP contribution in [0.3, 0.4) is 0 Å². The largest absolute Gasteiger partial charge is 0.398 e. The van der Waals surface area contributed by atoms with Crippen molar-refractivity contribution in [2.75, 3.05) is 0 Å². The van der Waals surface area contributed by atoms with Crippen LogP contribution in [0, 0.1) is 0 Å². The molecule has 0 bridgehead atoms. The quantitative estimate of drug-likeness (QED) is 0.145. The summed E-state index contributed by atoms with van der Waals surface area (Å²) in [6.07, 6.45) is 1.98. The summed E-state index contributed by atoms with van der Waals surface area (Å²) in [5, 5.41) is 4.98. The van der Waals surface area contributed by atoms with Crippen LogP contribution in [0.25, 0.3) is 82.9 Å². The van der Waals surface area contributed by atoms with E-state index in [0.717, 1.165) is 44.9 Å². The van der Waals surface area contributed by atoms with Gasteiger partial charge >= 0.3 is 0 Å². The Morgan fingerprint density at radius 3 is 1.63 bits per heavy atom. The van der Waals surface area contributed by atoms with Crippen LogP contribution in [0.2, 0.25) is 0 Å². The zero-order valence-corrected chi connectivity index (χ0v) is 34.1. The second-order valence-electron chi connectivity index (χ2n) is 15.8. The molecule has 4 nitrogen and oxygen atoms in total. The first-order chi connectivity index (χ1) is 30.7. The van der Waals surface area contributed by atoms with Crippen LogP contribution < -0.4 is 5.73 Å². The Morgan fingerprint density at radius 1 is 0.387 bits per heavy atom. The van der Waals surface area contributed by atoms with Crippen LogP contribution in [-0.4, -0.2) is 14.8 Å². The van der Waals surface area contributed by atoms with Crippen molar-refractivity contribution in [3.63, 3.8) is 0 Å². The van der Waals surface area contributed by atoms with Crippen molar-refractivity contribution in [3.8, 4) is 33.6 Å². The molecule has 0 amide bonds. The lowest BCUT2D eigenvalue weighted by Crippen LogP contribution is -2.04. The number of nitrogens with zero attached hydrogens (tertiary/aromatic N) is 3. The zero-order valence-electron chi connectivity index (χ0n) is 34.1. The van der Waals surface area contributed by atoms with E-state index in [0.29, 0.717) is 12.2 Å². The lowest BCUT2D eigenvalue weighted by molar-refractivity contribution is 1.07. The first-order valence-corrected chi connectivity index (χ1v) is 21.1. The number of hydrogen-bond donors (Lipinski definition) is 1. The molecular formula is C58H42N4. The summed E-state index contributed by atoms with van der Waals surface area (Å²) in [7, 11) is 0. The van der Waals surface area contributed by atoms with Gasteiger partial charge in [-0.05, 0) is 106 Å². The van der Waals surface area contributed by atoms with E-state index in [4.69, 9.17) is 10.7 Å². The smallest absolute Gasteiger partial charge is 0.0671 e. The second kappa shape index (κ2) is 15.8. The molecule has 0 saturated carbocycles. The van der Waals surface area contributed by atoms with E-state index in [9.17, 15) is 0 Å². The molecule has 0 aliphatic rings. The minimum absolute atomic E-state index is 0.530. The minimum Gasteiger partial charge on any atom is -0.398 e. The van der Waals surface area contributed by atoms with Gasteiger partial charge in [0.1, 0.15) is 0 Å². The van der Waals surface area contributed by atoms with Crippen molar-refractivity contribution >= 4 is 55.0 Å². The van der Waals surface area contributed by atoms with Gasteiger partial charge in [-0.1, -0.05) is 164 Å². The summed E-state index contributed by atoms with van der Waals surface area (Å²) in [6.45, 7) is 0.530. The fourth-order valence-corrected chi connectivity index (χ4v) is 8.96. The van der Waals surface area contributed by atoms with Gasteiger partial charge in [-0.2, -0.15) is 0 Å². The molecule has 0 unspecified atom stereocenters. The number of rotatable bonds is 9. The molecule has 294 valence electrons. The Kier molecular flexibility index (Phi) is 9.36. The minimum atomic E-state index is 0.530. The van der Waals surface area contributed by atoms with Gasteiger partial charge in [-0.15, -0.1) is 0 Å². The summed E-state index contributed by atoms with van der Waals surface area (Å²) < 4.78 is 4.77. The van der Waals surface area contributed by atoms with Crippen molar-refractivity contribution in [1.29, 1.82) is 0 Å². The Labute approximate surface area is 360 Å². The molecule has 4 heteroatoms. The summed E-state index contributed by atoms with van der Waals surface area (Å²) >= 11 is 0. The molecule has 0 spiro atoms. The Balaban J connectivity index is 0.921. The highest BCUT2D eigenvalue weighted by molar-refractivity contribution is 6.13. The van der Waals surface area contributed by atoms with Gasteiger partial charge in [0.25, 0.3) is 0 Å². The third-order valence-electron chi connectivity index (χ3n) is 12.0. The molecule has 0 radical (unpaired) electrons. The van der Waals surface area contributed by atoms with E-state index in [2.05, 4.69) is 185 Å². The average molecular weight is 795 g/mol. The number of nitrogens with two attached hydrogens (primary N) is 1. The number of fused-ring (bicyclic) bond motifs is 6. The van der Waals surface area contributed by atoms with Gasteiger partial charge in [0.05, 0.1) is 34.3 Å². The van der Waals surface area contributed by atoms with E-state index >= 15 is 0 Å².